The van der Waals surface area contributed by atoms with Gasteiger partial charge < -0.3 is 10.5 Å². The Kier molecular flexibility index (Phi) is 7.07. The van der Waals surface area contributed by atoms with E-state index in [9.17, 15) is 18.0 Å². The predicted octanol–water partition coefficient (Wildman–Crippen LogP) is 6.33. The fourth-order valence-electron chi connectivity index (χ4n) is 4.99. The summed E-state index contributed by atoms with van der Waals surface area (Å²) < 4.78 is 65.4. The van der Waals surface area contributed by atoms with Gasteiger partial charge in [-0.3, -0.25) is 9.36 Å². The van der Waals surface area contributed by atoms with Crippen LogP contribution in [-0.4, -0.2) is 17.4 Å². The average Bonchev–Trinajstić information content (AvgIpc) is 3.34. The van der Waals surface area contributed by atoms with Crippen LogP contribution in [0.3, 0.4) is 0 Å². The molecule has 4 aromatic rings. The molecule has 2 N–H and O–H groups in total. The molecule has 0 amide bonds. The summed E-state index contributed by atoms with van der Waals surface area (Å²) in [7, 11) is 1.32. The molecule has 0 aliphatic carbocycles. The van der Waals surface area contributed by atoms with Crippen LogP contribution in [0.25, 0.3) is 11.1 Å². The standard InChI is InChI=1S/C29H24F4N2O2S/c1-15-19(13-20-21(31)9-5-10-22(20)32)29-35(23(14-38-29)27(34)16-6-3-7-17(30)12-16)28(36)25(15)18-8-4-11-24(37-2)26(18)33/h3-12,23,27H,13-14,34H2,1-2H3. The van der Waals surface area contributed by atoms with Crippen LogP contribution in [0, 0.1) is 30.2 Å². The minimum Gasteiger partial charge on any atom is -0.494 e. The Morgan fingerprint density at radius 2 is 1.71 bits per heavy atom. The van der Waals surface area contributed by atoms with Gasteiger partial charge in [-0.1, -0.05) is 30.3 Å². The van der Waals surface area contributed by atoms with Crippen LogP contribution >= 0.6 is 11.8 Å². The van der Waals surface area contributed by atoms with Crippen molar-refractivity contribution in [2.24, 2.45) is 5.73 Å². The largest absolute Gasteiger partial charge is 0.494 e. The molecule has 0 spiro atoms. The Labute approximate surface area is 221 Å². The molecule has 38 heavy (non-hydrogen) atoms. The number of aromatic nitrogens is 1. The molecule has 196 valence electrons. The summed E-state index contributed by atoms with van der Waals surface area (Å²) in [6, 6.07) is 12.5. The van der Waals surface area contributed by atoms with Crippen LogP contribution in [0.2, 0.25) is 0 Å². The van der Waals surface area contributed by atoms with Crippen molar-refractivity contribution in [1.29, 1.82) is 0 Å². The summed E-state index contributed by atoms with van der Waals surface area (Å²) in [5.74, 6) is -2.32. The van der Waals surface area contributed by atoms with E-state index in [2.05, 4.69) is 0 Å². The number of fused-ring (bicyclic) bond motifs is 1. The molecule has 0 saturated heterocycles. The van der Waals surface area contributed by atoms with E-state index in [0.717, 1.165) is 0 Å². The van der Waals surface area contributed by atoms with Crippen molar-refractivity contribution < 1.29 is 22.3 Å². The maximum Gasteiger partial charge on any atom is 0.260 e. The van der Waals surface area contributed by atoms with Crippen LogP contribution in [0.4, 0.5) is 17.6 Å². The lowest BCUT2D eigenvalue weighted by Gasteiger charge is -2.25. The molecule has 1 aliphatic heterocycles. The zero-order valence-electron chi connectivity index (χ0n) is 20.6. The monoisotopic (exact) mass is 540 g/mol. The molecular weight excluding hydrogens is 516 g/mol. The normalized spacial score (nSPS) is 15.4. The van der Waals surface area contributed by atoms with E-state index in [1.807, 2.05) is 0 Å². The van der Waals surface area contributed by atoms with Gasteiger partial charge in [-0.05, 0) is 53.9 Å². The third-order valence-electron chi connectivity index (χ3n) is 6.98. The maximum atomic E-state index is 15.5. The number of nitrogens with zero attached hydrogens (tertiary/aromatic N) is 1. The van der Waals surface area contributed by atoms with E-state index in [0.29, 0.717) is 27.5 Å². The number of benzene rings is 3. The van der Waals surface area contributed by atoms with Gasteiger partial charge in [-0.15, -0.1) is 11.8 Å². The molecule has 0 saturated carbocycles. The lowest BCUT2D eigenvalue weighted by Crippen LogP contribution is -2.33. The highest BCUT2D eigenvalue weighted by molar-refractivity contribution is 7.99. The first kappa shape index (κ1) is 26.1. The number of halogens is 4. The summed E-state index contributed by atoms with van der Waals surface area (Å²) in [5, 5.41) is 0.499. The van der Waals surface area contributed by atoms with Crippen molar-refractivity contribution in [3.8, 4) is 16.9 Å². The Hall–Kier alpha value is -3.56. The molecule has 3 aromatic carbocycles. The molecule has 4 nitrogen and oxygen atoms in total. The van der Waals surface area contributed by atoms with Crippen molar-refractivity contribution in [2.75, 3.05) is 12.9 Å². The van der Waals surface area contributed by atoms with E-state index in [-0.39, 0.29) is 28.9 Å². The molecular formula is C29H24F4N2O2S. The van der Waals surface area contributed by atoms with Crippen molar-refractivity contribution in [3.63, 3.8) is 0 Å². The maximum absolute atomic E-state index is 15.5. The summed E-state index contributed by atoms with van der Waals surface area (Å²) in [6.45, 7) is 1.64. The van der Waals surface area contributed by atoms with E-state index in [4.69, 9.17) is 10.5 Å². The molecule has 0 fully saturated rings. The minimum absolute atomic E-state index is 0.00684. The molecule has 9 heteroatoms. The first-order valence-corrected chi connectivity index (χ1v) is 12.9. The van der Waals surface area contributed by atoms with Crippen LogP contribution in [0.1, 0.15) is 34.3 Å². The molecule has 1 aliphatic rings. The third kappa shape index (κ3) is 4.39. The molecule has 2 heterocycles. The fourth-order valence-corrected chi connectivity index (χ4v) is 6.43. The first-order valence-electron chi connectivity index (χ1n) is 11.9. The summed E-state index contributed by atoms with van der Waals surface area (Å²) >= 11 is 1.33. The number of rotatable bonds is 6. The van der Waals surface area contributed by atoms with Gasteiger partial charge in [0.25, 0.3) is 5.56 Å². The second kappa shape index (κ2) is 10.3. The molecule has 2 unspecified atom stereocenters. The number of hydrogen-bond acceptors (Lipinski definition) is 4. The highest BCUT2D eigenvalue weighted by Gasteiger charge is 2.35. The van der Waals surface area contributed by atoms with Gasteiger partial charge in [0.1, 0.15) is 17.5 Å². The van der Waals surface area contributed by atoms with Crippen LogP contribution in [0.15, 0.2) is 70.5 Å². The Morgan fingerprint density at radius 3 is 2.39 bits per heavy atom. The zero-order chi connectivity index (χ0) is 27.1. The lowest BCUT2D eigenvalue weighted by atomic mass is 9.93. The van der Waals surface area contributed by atoms with Gasteiger partial charge >= 0.3 is 0 Å². The second-order valence-electron chi connectivity index (χ2n) is 9.12. The first-order chi connectivity index (χ1) is 18.2. The third-order valence-corrected chi connectivity index (χ3v) is 8.20. The van der Waals surface area contributed by atoms with Gasteiger partial charge in [0.2, 0.25) is 0 Å². The van der Waals surface area contributed by atoms with Crippen LogP contribution in [0.5, 0.6) is 5.75 Å². The molecule has 0 bridgehead atoms. The topological polar surface area (TPSA) is 57.2 Å². The van der Waals surface area contributed by atoms with Crippen molar-refractivity contribution in [3.05, 3.63) is 117 Å². The Bertz CT molecular complexity index is 1580. The zero-order valence-corrected chi connectivity index (χ0v) is 21.4. The smallest absolute Gasteiger partial charge is 0.260 e. The summed E-state index contributed by atoms with van der Waals surface area (Å²) in [4.78, 5) is 14.0. The van der Waals surface area contributed by atoms with Crippen LogP contribution in [-0.2, 0) is 6.42 Å². The van der Waals surface area contributed by atoms with E-state index < -0.39 is 40.9 Å². The highest BCUT2D eigenvalue weighted by Crippen LogP contribution is 2.44. The van der Waals surface area contributed by atoms with Gasteiger partial charge in [-0.25, -0.2) is 17.6 Å². The SMILES string of the molecule is COc1cccc(-c2c(C)c(Cc3c(F)cccc3F)c3n(c2=O)C(C(N)c2cccc(F)c2)CS3)c1F. The summed E-state index contributed by atoms with van der Waals surface area (Å²) in [5.41, 5.74) is 7.34. The van der Waals surface area contributed by atoms with Gasteiger partial charge in [0.15, 0.2) is 11.6 Å². The highest BCUT2D eigenvalue weighted by atomic mass is 32.2. The lowest BCUT2D eigenvalue weighted by molar-refractivity contribution is 0.387. The number of hydrogen-bond donors (Lipinski definition) is 1. The quantitative estimate of drug-likeness (QED) is 0.291. The second-order valence-corrected chi connectivity index (χ2v) is 10.1. The van der Waals surface area contributed by atoms with Gasteiger partial charge in [-0.2, -0.15) is 0 Å². The Morgan fingerprint density at radius 1 is 1.03 bits per heavy atom. The molecule has 0 radical (unpaired) electrons. The van der Waals surface area contributed by atoms with Gasteiger partial charge in [0.05, 0.1) is 29.8 Å². The predicted molar refractivity (Wildman–Crippen MR) is 140 cm³/mol. The molecule has 1 aromatic heterocycles. The number of pyridine rings is 1. The Balaban J connectivity index is 1.77. The minimum atomic E-state index is -0.763. The number of thioether (sulfide) groups is 1. The number of methoxy groups -OCH3 is 1. The van der Waals surface area contributed by atoms with Crippen LogP contribution < -0.4 is 16.0 Å². The summed E-state index contributed by atoms with van der Waals surface area (Å²) in [6.07, 6.45) is -0.159. The fraction of sp³-hybridized carbons (Fsp3) is 0.207. The van der Waals surface area contributed by atoms with Crippen molar-refractivity contribution in [1.82, 2.24) is 4.57 Å². The van der Waals surface area contributed by atoms with Crippen molar-refractivity contribution in [2.45, 2.75) is 30.5 Å². The van der Waals surface area contributed by atoms with E-state index >= 15 is 4.39 Å². The van der Waals surface area contributed by atoms with Gasteiger partial charge in [0, 0.05) is 23.3 Å². The van der Waals surface area contributed by atoms with E-state index in [1.165, 1.54) is 72.0 Å². The molecule has 5 rings (SSSR count). The van der Waals surface area contributed by atoms with E-state index in [1.54, 1.807) is 19.1 Å². The average molecular weight is 541 g/mol. The van der Waals surface area contributed by atoms with Crippen molar-refractivity contribution >= 4 is 11.8 Å². The number of ether oxygens (including phenoxy) is 1. The number of nitrogens with two attached hydrogens (primary N) is 1. The molecule has 2 atom stereocenters.